The summed E-state index contributed by atoms with van der Waals surface area (Å²) < 4.78 is 0. The smallest absolute Gasteiger partial charge is 0.318 e. The third-order valence-corrected chi connectivity index (χ3v) is 5.28. The lowest BCUT2D eigenvalue weighted by Gasteiger charge is -2.35. The van der Waals surface area contributed by atoms with E-state index in [1.165, 1.54) is 0 Å². The van der Waals surface area contributed by atoms with Gasteiger partial charge in [0, 0.05) is 44.0 Å². The standard InChI is InChI=1S/C17H23N5OS/c1-3-15(14-4-6-18-7-5-14)20-16(23)21-8-10-22(11-9-21)17-19-13(2)12-24-17/h4-7,12,15H,3,8-11H2,1-2H3,(H,20,23). The molecule has 128 valence electrons. The molecule has 0 saturated carbocycles. The molecule has 1 aliphatic rings. The predicted molar refractivity (Wildman–Crippen MR) is 96.4 cm³/mol. The molecule has 1 fully saturated rings. The van der Waals surface area contributed by atoms with E-state index < -0.39 is 0 Å². The van der Waals surface area contributed by atoms with Crippen molar-refractivity contribution in [2.75, 3.05) is 31.1 Å². The van der Waals surface area contributed by atoms with E-state index >= 15 is 0 Å². The van der Waals surface area contributed by atoms with Crippen LogP contribution in [-0.2, 0) is 0 Å². The maximum atomic E-state index is 12.6. The van der Waals surface area contributed by atoms with Crippen molar-refractivity contribution in [2.24, 2.45) is 0 Å². The van der Waals surface area contributed by atoms with Crippen molar-refractivity contribution in [1.82, 2.24) is 20.2 Å². The number of aromatic nitrogens is 2. The molecule has 1 N–H and O–H groups in total. The average molecular weight is 345 g/mol. The van der Waals surface area contributed by atoms with Crippen LogP contribution in [0.1, 0.15) is 30.6 Å². The highest BCUT2D eigenvalue weighted by atomic mass is 32.1. The number of rotatable bonds is 4. The molecule has 1 atom stereocenters. The minimum absolute atomic E-state index is 0.00799. The van der Waals surface area contributed by atoms with Crippen molar-refractivity contribution in [1.29, 1.82) is 0 Å². The average Bonchev–Trinajstić information content (AvgIpc) is 3.07. The van der Waals surface area contributed by atoms with Gasteiger partial charge in [-0.25, -0.2) is 9.78 Å². The Balaban J connectivity index is 1.55. The summed E-state index contributed by atoms with van der Waals surface area (Å²) in [5, 5.41) is 6.26. The molecule has 0 radical (unpaired) electrons. The van der Waals surface area contributed by atoms with Gasteiger partial charge in [0.2, 0.25) is 0 Å². The van der Waals surface area contributed by atoms with Crippen molar-refractivity contribution in [3.8, 4) is 0 Å². The number of carbonyl (C=O) groups is 1. The van der Waals surface area contributed by atoms with E-state index in [9.17, 15) is 4.79 Å². The van der Waals surface area contributed by atoms with E-state index in [1.54, 1.807) is 23.7 Å². The molecule has 2 aromatic heterocycles. The maximum Gasteiger partial charge on any atom is 0.318 e. The van der Waals surface area contributed by atoms with Crippen LogP contribution in [0.5, 0.6) is 0 Å². The van der Waals surface area contributed by atoms with Crippen LogP contribution in [0.25, 0.3) is 0 Å². The number of aryl methyl sites for hydroxylation is 1. The molecule has 1 aliphatic heterocycles. The zero-order valence-electron chi connectivity index (χ0n) is 14.1. The molecule has 3 rings (SSSR count). The zero-order valence-corrected chi connectivity index (χ0v) is 14.9. The largest absolute Gasteiger partial charge is 0.345 e. The van der Waals surface area contributed by atoms with Crippen LogP contribution in [0.15, 0.2) is 29.9 Å². The first-order chi connectivity index (χ1) is 11.7. The van der Waals surface area contributed by atoms with Crippen LogP contribution in [0.2, 0.25) is 0 Å². The van der Waals surface area contributed by atoms with Gasteiger partial charge in [-0.15, -0.1) is 11.3 Å². The molecule has 2 amide bonds. The molecule has 0 spiro atoms. The fraction of sp³-hybridized carbons (Fsp3) is 0.471. The van der Waals surface area contributed by atoms with E-state index in [-0.39, 0.29) is 12.1 Å². The second-order valence-corrected chi connectivity index (χ2v) is 6.77. The molecule has 7 heteroatoms. The SMILES string of the molecule is CCC(NC(=O)N1CCN(c2nc(C)cs2)CC1)c1ccncc1. The van der Waals surface area contributed by atoms with Crippen molar-refractivity contribution in [2.45, 2.75) is 26.3 Å². The van der Waals surface area contributed by atoms with Gasteiger partial charge in [0.25, 0.3) is 0 Å². The molecule has 24 heavy (non-hydrogen) atoms. The number of pyridine rings is 1. The number of hydrogen-bond donors (Lipinski definition) is 1. The van der Waals surface area contributed by atoms with Crippen molar-refractivity contribution >= 4 is 22.5 Å². The summed E-state index contributed by atoms with van der Waals surface area (Å²) in [5.74, 6) is 0. The summed E-state index contributed by atoms with van der Waals surface area (Å²) in [5.41, 5.74) is 2.15. The molecule has 3 heterocycles. The fourth-order valence-electron chi connectivity index (χ4n) is 2.84. The zero-order chi connectivity index (χ0) is 16.9. The highest BCUT2D eigenvalue weighted by Gasteiger charge is 2.24. The number of nitrogens with one attached hydrogen (secondary N) is 1. The molecule has 2 aromatic rings. The minimum atomic E-state index is 0.00799. The summed E-state index contributed by atoms with van der Waals surface area (Å²) in [6.07, 6.45) is 4.38. The molecule has 1 unspecified atom stereocenters. The van der Waals surface area contributed by atoms with Crippen LogP contribution >= 0.6 is 11.3 Å². The first-order valence-electron chi connectivity index (χ1n) is 8.30. The summed E-state index contributed by atoms with van der Waals surface area (Å²) in [6, 6.07) is 3.95. The molecule has 0 bridgehead atoms. The van der Waals surface area contributed by atoms with Gasteiger partial charge in [-0.2, -0.15) is 0 Å². The summed E-state index contributed by atoms with van der Waals surface area (Å²) in [7, 11) is 0. The van der Waals surface area contributed by atoms with Crippen LogP contribution in [-0.4, -0.2) is 47.1 Å². The Kier molecular flexibility index (Phi) is 5.30. The maximum absolute atomic E-state index is 12.6. The highest BCUT2D eigenvalue weighted by Crippen LogP contribution is 2.22. The van der Waals surface area contributed by atoms with E-state index in [2.05, 4.69) is 32.5 Å². The summed E-state index contributed by atoms with van der Waals surface area (Å²) >= 11 is 1.67. The van der Waals surface area contributed by atoms with E-state index in [0.29, 0.717) is 0 Å². The lowest BCUT2D eigenvalue weighted by molar-refractivity contribution is 0.190. The second kappa shape index (κ2) is 7.61. The van der Waals surface area contributed by atoms with Gasteiger partial charge in [0.15, 0.2) is 5.13 Å². The van der Waals surface area contributed by atoms with Gasteiger partial charge in [-0.3, -0.25) is 4.98 Å². The van der Waals surface area contributed by atoms with Gasteiger partial charge in [-0.1, -0.05) is 6.92 Å². The van der Waals surface area contributed by atoms with Crippen molar-refractivity contribution in [3.63, 3.8) is 0 Å². The normalized spacial score (nSPS) is 16.1. The first-order valence-corrected chi connectivity index (χ1v) is 9.17. The highest BCUT2D eigenvalue weighted by molar-refractivity contribution is 7.13. The van der Waals surface area contributed by atoms with E-state index in [4.69, 9.17) is 0 Å². The number of anilines is 1. The molecule has 6 nitrogen and oxygen atoms in total. The summed E-state index contributed by atoms with van der Waals surface area (Å²) in [4.78, 5) is 25.3. The molecule has 0 aromatic carbocycles. The van der Waals surface area contributed by atoms with Gasteiger partial charge < -0.3 is 15.1 Å². The summed E-state index contributed by atoms with van der Waals surface area (Å²) in [6.45, 7) is 7.18. The Morgan fingerprint density at radius 2 is 2.00 bits per heavy atom. The molecular formula is C17H23N5OS. The Hall–Kier alpha value is -2.15. The third kappa shape index (κ3) is 3.84. The number of hydrogen-bond acceptors (Lipinski definition) is 5. The lowest BCUT2D eigenvalue weighted by atomic mass is 10.1. The number of amides is 2. The minimum Gasteiger partial charge on any atom is -0.345 e. The fourth-order valence-corrected chi connectivity index (χ4v) is 3.70. The predicted octanol–water partition coefficient (Wildman–Crippen LogP) is 2.83. The van der Waals surface area contributed by atoms with E-state index in [1.807, 2.05) is 24.0 Å². The number of nitrogens with zero attached hydrogens (tertiary/aromatic N) is 4. The monoisotopic (exact) mass is 345 g/mol. The van der Waals surface area contributed by atoms with Gasteiger partial charge in [-0.05, 0) is 31.0 Å². The second-order valence-electron chi connectivity index (χ2n) is 5.94. The lowest BCUT2D eigenvalue weighted by Crippen LogP contribution is -2.52. The van der Waals surface area contributed by atoms with Crippen LogP contribution in [0.3, 0.4) is 0 Å². The molecule has 1 saturated heterocycles. The van der Waals surface area contributed by atoms with Crippen LogP contribution < -0.4 is 10.2 Å². The van der Waals surface area contributed by atoms with E-state index in [0.717, 1.165) is 49.0 Å². The Labute approximate surface area is 146 Å². The first kappa shape index (κ1) is 16.7. The van der Waals surface area contributed by atoms with Crippen LogP contribution in [0, 0.1) is 6.92 Å². The number of thiazole rings is 1. The Morgan fingerprint density at radius 1 is 1.29 bits per heavy atom. The van der Waals surface area contributed by atoms with Gasteiger partial charge >= 0.3 is 6.03 Å². The molecule has 0 aliphatic carbocycles. The molecular weight excluding hydrogens is 322 g/mol. The quantitative estimate of drug-likeness (QED) is 0.926. The number of piperazine rings is 1. The number of carbonyl (C=O) groups excluding carboxylic acids is 1. The number of urea groups is 1. The van der Waals surface area contributed by atoms with Gasteiger partial charge in [0.05, 0.1) is 11.7 Å². The van der Waals surface area contributed by atoms with Crippen LogP contribution in [0.4, 0.5) is 9.93 Å². The van der Waals surface area contributed by atoms with Crippen molar-refractivity contribution in [3.05, 3.63) is 41.2 Å². The van der Waals surface area contributed by atoms with Crippen molar-refractivity contribution < 1.29 is 4.79 Å². The Morgan fingerprint density at radius 3 is 2.58 bits per heavy atom. The Bertz CT molecular complexity index is 667. The topological polar surface area (TPSA) is 61.4 Å². The third-order valence-electron chi connectivity index (χ3n) is 4.26. The van der Waals surface area contributed by atoms with Gasteiger partial charge in [0.1, 0.15) is 0 Å².